The van der Waals surface area contributed by atoms with Crippen molar-refractivity contribution in [1.82, 2.24) is 0 Å². The zero-order valence-electron chi connectivity index (χ0n) is 13.1. The number of ether oxygens (including phenoxy) is 2. The Morgan fingerprint density at radius 2 is 2.04 bits per heavy atom. The Morgan fingerprint density at radius 3 is 2.70 bits per heavy atom. The van der Waals surface area contributed by atoms with Crippen molar-refractivity contribution >= 4 is 17.6 Å². The molecule has 0 spiro atoms. The van der Waals surface area contributed by atoms with Gasteiger partial charge in [0.15, 0.2) is 0 Å². The number of carboxylic acid groups (broad SMARTS) is 1. The van der Waals surface area contributed by atoms with Gasteiger partial charge in [0.1, 0.15) is 5.75 Å². The van der Waals surface area contributed by atoms with Gasteiger partial charge in [-0.2, -0.15) is 0 Å². The Bertz CT molecular complexity index is 508. The summed E-state index contributed by atoms with van der Waals surface area (Å²) >= 11 is 0. The molecule has 1 saturated heterocycles. The second kappa shape index (κ2) is 9.15. The number of rotatable bonds is 9. The first-order chi connectivity index (χ1) is 11.1. The molecular formula is C17H23NO5. The minimum atomic E-state index is -0.824. The van der Waals surface area contributed by atoms with E-state index in [0.29, 0.717) is 25.2 Å². The Balaban J connectivity index is 1.67. The van der Waals surface area contributed by atoms with E-state index in [0.717, 1.165) is 31.6 Å². The summed E-state index contributed by atoms with van der Waals surface area (Å²) < 4.78 is 10.9. The third-order valence-corrected chi connectivity index (χ3v) is 3.66. The van der Waals surface area contributed by atoms with Crippen LogP contribution >= 0.6 is 0 Å². The van der Waals surface area contributed by atoms with E-state index in [9.17, 15) is 9.59 Å². The second-order valence-electron chi connectivity index (χ2n) is 5.59. The Hall–Kier alpha value is -2.08. The van der Waals surface area contributed by atoms with Gasteiger partial charge < -0.3 is 19.9 Å². The molecule has 0 aliphatic carbocycles. The number of benzene rings is 1. The number of amides is 1. The highest BCUT2D eigenvalue weighted by Gasteiger charge is 2.16. The van der Waals surface area contributed by atoms with Crippen LogP contribution in [0.2, 0.25) is 0 Å². The summed E-state index contributed by atoms with van der Waals surface area (Å²) in [6, 6.07) is 7.07. The molecule has 23 heavy (non-hydrogen) atoms. The summed E-state index contributed by atoms with van der Waals surface area (Å²) in [5.41, 5.74) is 0.722. The zero-order valence-corrected chi connectivity index (χ0v) is 13.1. The van der Waals surface area contributed by atoms with E-state index in [1.807, 2.05) is 0 Å². The zero-order chi connectivity index (χ0) is 16.5. The van der Waals surface area contributed by atoms with Crippen molar-refractivity contribution in [2.75, 3.05) is 18.5 Å². The summed E-state index contributed by atoms with van der Waals surface area (Å²) in [6.07, 6.45) is 4.13. The number of hydrogen-bond donors (Lipinski definition) is 2. The van der Waals surface area contributed by atoms with Gasteiger partial charge in [0.25, 0.3) is 0 Å². The Kier molecular flexibility index (Phi) is 6.87. The molecule has 0 aromatic heterocycles. The molecule has 1 atom stereocenters. The fraction of sp³-hybridized carbons (Fsp3) is 0.529. The first kappa shape index (κ1) is 17.3. The van der Waals surface area contributed by atoms with Crippen molar-refractivity contribution in [1.29, 1.82) is 0 Å². The number of aliphatic carboxylic acids is 1. The molecule has 1 heterocycles. The quantitative estimate of drug-likeness (QED) is 0.683. The molecule has 0 bridgehead atoms. The number of anilines is 1. The smallest absolute Gasteiger partial charge is 0.303 e. The van der Waals surface area contributed by atoms with Crippen LogP contribution in [-0.2, 0) is 14.3 Å². The van der Waals surface area contributed by atoms with E-state index in [-0.39, 0.29) is 18.4 Å². The van der Waals surface area contributed by atoms with Gasteiger partial charge in [0, 0.05) is 25.1 Å². The van der Waals surface area contributed by atoms with Crippen LogP contribution in [0.1, 0.15) is 38.5 Å². The predicted molar refractivity (Wildman–Crippen MR) is 85.6 cm³/mol. The van der Waals surface area contributed by atoms with Crippen molar-refractivity contribution in [3.63, 3.8) is 0 Å². The summed E-state index contributed by atoms with van der Waals surface area (Å²) in [4.78, 5) is 22.3. The van der Waals surface area contributed by atoms with Crippen LogP contribution < -0.4 is 10.1 Å². The largest absolute Gasteiger partial charge is 0.494 e. The lowest BCUT2D eigenvalue weighted by Crippen LogP contribution is -2.15. The number of carbonyl (C=O) groups excluding carboxylic acids is 1. The first-order valence-electron chi connectivity index (χ1n) is 7.99. The lowest BCUT2D eigenvalue weighted by molar-refractivity contribution is -0.137. The molecule has 1 unspecified atom stereocenters. The van der Waals surface area contributed by atoms with Crippen LogP contribution in [0.5, 0.6) is 5.75 Å². The van der Waals surface area contributed by atoms with Gasteiger partial charge >= 0.3 is 5.97 Å². The molecule has 1 aromatic rings. The van der Waals surface area contributed by atoms with Crippen LogP contribution in [-0.4, -0.2) is 36.3 Å². The molecule has 6 nitrogen and oxygen atoms in total. The van der Waals surface area contributed by atoms with Gasteiger partial charge in [-0.05, 0) is 49.9 Å². The van der Waals surface area contributed by atoms with E-state index in [1.165, 1.54) is 0 Å². The van der Waals surface area contributed by atoms with Crippen molar-refractivity contribution in [3.8, 4) is 5.75 Å². The van der Waals surface area contributed by atoms with Gasteiger partial charge in [-0.25, -0.2) is 0 Å². The molecule has 2 rings (SSSR count). The standard InChI is InChI=1S/C17H23NO5/c19-16(10-9-14-3-1-11-22-14)18-13-5-7-15(8-6-13)23-12-2-4-17(20)21/h5-8,14H,1-4,9-12H2,(H,18,19)(H,20,21). The van der Waals surface area contributed by atoms with Crippen LogP contribution in [0.15, 0.2) is 24.3 Å². The number of carboxylic acids is 1. The number of nitrogens with one attached hydrogen (secondary N) is 1. The van der Waals surface area contributed by atoms with Gasteiger partial charge in [0.2, 0.25) is 5.91 Å². The number of hydrogen-bond acceptors (Lipinski definition) is 4. The fourth-order valence-electron chi connectivity index (χ4n) is 2.44. The highest BCUT2D eigenvalue weighted by Crippen LogP contribution is 2.19. The van der Waals surface area contributed by atoms with Crippen molar-refractivity contribution < 1.29 is 24.2 Å². The van der Waals surface area contributed by atoms with Crippen molar-refractivity contribution in [2.45, 2.75) is 44.6 Å². The molecule has 2 N–H and O–H groups in total. The number of carbonyl (C=O) groups is 2. The average molecular weight is 321 g/mol. The van der Waals surface area contributed by atoms with E-state index in [1.54, 1.807) is 24.3 Å². The molecule has 1 amide bonds. The van der Waals surface area contributed by atoms with Crippen molar-refractivity contribution in [2.24, 2.45) is 0 Å². The highest BCUT2D eigenvalue weighted by atomic mass is 16.5. The van der Waals surface area contributed by atoms with Gasteiger partial charge in [-0.3, -0.25) is 9.59 Å². The molecule has 1 aliphatic rings. The summed E-state index contributed by atoms with van der Waals surface area (Å²) in [7, 11) is 0. The normalized spacial score (nSPS) is 17.0. The van der Waals surface area contributed by atoms with E-state index >= 15 is 0 Å². The molecule has 6 heteroatoms. The van der Waals surface area contributed by atoms with Crippen LogP contribution in [0, 0.1) is 0 Å². The minimum Gasteiger partial charge on any atom is -0.494 e. The predicted octanol–water partition coefficient (Wildman–Crippen LogP) is 2.83. The fourth-order valence-corrected chi connectivity index (χ4v) is 2.44. The topological polar surface area (TPSA) is 84.9 Å². The minimum absolute atomic E-state index is 0.0179. The van der Waals surface area contributed by atoms with Gasteiger partial charge in [0.05, 0.1) is 12.7 Å². The van der Waals surface area contributed by atoms with Crippen molar-refractivity contribution in [3.05, 3.63) is 24.3 Å². The molecule has 1 aliphatic heterocycles. The molecular weight excluding hydrogens is 298 g/mol. The third-order valence-electron chi connectivity index (χ3n) is 3.66. The van der Waals surface area contributed by atoms with Gasteiger partial charge in [-0.15, -0.1) is 0 Å². The summed E-state index contributed by atoms with van der Waals surface area (Å²) in [5.74, 6) is -0.182. The maximum atomic E-state index is 11.9. The highest BCUT2D eigenvalue weighted by molar-refractivity contribution is 5.90. The van der Waals surface area contributed by atoms with Gasteiger partial charge in [-0.1, -0.05) is 0 Å². The maximum absolute atomic E-state index is 11.9. The van der Waals surface area contributed by atoms with Crippen LogP contribution in [0.4, 0.5) is 5.69 Å². The molecule has 0 saturated carbocycles. The van der Waals surface area contributed by atoms with Crippen LogP contribution in [0.3, 0.4) is 0 Å². The molecule has 126 valence electrons. The van der Waals surface area contributed by atoms with E-state index < -0.39 is 5.97 Å². The first-order valence-corrected chi connectivity index (χ1v) is 7.99. The summed E-state index contributed by atoms with van der Waals surface area (Å²) in [5, 5.41) is 11.4. The Morgan fingerprint density at radius 1 is 1.26 bits per heavy atom. The molecule has 0 radical (unpaired) electrons. The Labute approximate surface area is 135 Å². The maximum Gasteiger partial charge on any atom is 0.303 e. The average Bonchev–Trinajstić information content (AvgIpc) is 3.04. The SMILES string of the molecule is O=C(O)CCCOc1ccc(NC(=O)CCC2CCCO2)cc1. The van der Waals surface area contributed by atoms with E-state index in [2.05, 4.69) is 5.32 Å². The summed E-state index contributed by atoms with van der Waals surface area (Å²) in [6.45, 7) is 1.17. The lowest BCUT2D eigenvalue weighted by atomic mass is 10.1. The molecule has 1 aromatic carbocycles. The third kappa shape index (κ3) is 6.69. The lowest BCUT2D eigenvalue weighted by Gasteiger charge is -2.10. The van der Waals surface area contributed by atoms with Crippen LogP contribution in [0.25, 0.3) is 0 Å². The van der Waals surface area contributed by atoms with E-state index in [4.69, 9.17) is 14.6 Å². The second-order valence-corrected chi connectivity index (χ2v) is 5.59. The monoisotopic (exact) mass is 321 g/mol. The molecule has 1 fully saturated rings.